The van der Waals surface area contributed by atoms with Crippen molar-refractivity contribution in [3.63, 3.8) is 0 Å². The van der Waals surface area contributed by atoms with Crippen molar-refractivity contribution >= 4 is 17.4 Å². The summed E-state index contributed by atoms with van der Waals surface area (Å²) in [5.41, 5.74) is 0.655. The highest BCUT2D eigenvalue weighted by Crippen LogP contribution is 2.43. The van der Waals surface area contributed by atoms with Gasteiger partial charge in [0.25, 0.3) is 5.91 Å². The van der Waals surface area contributed by atoms with E-state index in [-0.39, 0.29) is 12.2 Å². The second-order valence-corrected chi connectivity index (χ2v) is 8.09. The molecule has 33 heavy (non-hydrogen) atoms. The highest BCUT2D eigenvalue weighted by molar-refractivity contribution is 6.11. The average Bonchev–Trinajstić information content (AvgIpc) is 3.06. The molecule has 1 heterocycles. The molecular weight excluding hydrogens is 418 g/mol. The fourth-order valence-electron chi connectivity index (χ4n) is 4.34. The SMILES string of the molecule is COc1ccc(C(=O)C[C@@]2(O)C(=O)N(CCCc3ccccc3)c3ccccc32)c(OC)c1. The molecule has 6 heteroatoms. The molecule has 0 unspecified atom stereocenters. The van der Waals surface area contributed by atoms with Gasteiger partial charge in [-0.15, -0.1) is 0 Å². The van der Waals surface area contributed by atoms with Gasteiger partial charge >= 0.3 is 0 Å². The van der Waals surface area contributed by atoms with Crippen molar-refractivity contribution in [3.8, 4) is 11.5 Å². The lowest BCUT2D eigenvalue weighted by atomic mass is 9.88. The van der Waals surface area contributed by atoms with Gasteiger partial charge in [0, 0.05) is 18.2 Å². The second kappa shape index (κ2) is 9.46. The zero-order chi connectivity index (χ0) is 23.4. The largest absolute Gasteiger partial charge is 0.497 e. The van der Waals surface area contributed by atoms with Gasteiger partial charge in [0.05, 0.1) is 31.9 Å². The van der Waals surface area contributed by atoms with E-state index in [1.54, 1.807) is 35.2 Å². The summed E-state index contributed by atoms with van der Waals surface area (Å²) in [6.07, 6.45) is 1.17. The van der Waals surface area contributed by atoms with Gasteiger partial charge in [0.1, 0.15) is 11.5 Å². The lowest BCUT2D eigenvalue weighted by molar-refractivity contribution is -0.135. The van der Waals surface area contributed by atoms with Crippen molar-refractivity contribution in [2.45, 2.75) is 24.9 Å². The van der Waals surface area contributed by atoms with Crippen LogP contribution >= 0.6 is 0 Å². The molecule has 0 saturated carbocycles. The normalized spacial score (nSPS) is 17.1. The number of hydrogen-bond acceptors (Lipinski definition) is 5. The molecule has 1 atom stereocenters. The van der Waals surface area contributed by atoms with Crippen molar-refractivity contribution in [2.24, 2.45) is 0 Å². The number of para-hydroxylation sites is 1. The second-order valence-electron chi connectivity index (χ2n) is 8.09. The topological polar surface area (TPSA) is 76.1 Å². The maximum Gasteiger partial charge on any atom is 0.264 e. The Labute approximate surface area is 193 Å². The monoisotopic (exact) mass is 445 g/mol. The molecule has 3 aromatic rings. The number of rotatable bonds is 9. The number of aliphatic hydroxyl groups is 1. The molecule has 0 radical (unpaired) electrons. The van der Waals surface area contributed by atoms with E-state index < -0.39 is 11.5 Å². The van der Waals surface area contributed by atoms with E-state index >= 15 is 0 Å². The zero-order valence-corrected chi connectivity index (χ0v) is 18.8. The van der Waals surface area contributed by atoms with E-state index in [2.05, 4.69) is 12.1 Å². The third-order valence-corrected chi connectivity index (χ3v) is 6.05. The van der Waals surface area contributed by atoms with Gasteiger partial charge in [-0.05, 0) is 36.6 Å². The summed E-state index contributed by atoms with van der Waals surface area (Å²) in [7, 11) is 2.99. The summed E-state index contributed by atoms with van der Waals surface area (Å²) in [6.45, 7) is 0.451. The van der Waals surface area contributed by atoms with Gasteiger partial charge in [0.2, 0.25) is 0 Å². The maximum atomic E-state index is 13.4. The van der Waals surface area contributed by atoms with Crippen molar-refractivity contribution in [1.29, 1.82) is 0 Å². The Balaban J connectivity index is 1.57. The number of anilines is 1. The van der Waals surface area contributed by atoms with Crippen LogP contribution in [0.2, 0.25) is 0 Å². The molecule has 0 aromatic heterocycles. The third kappa shape index (κ3) is 4.34. The molecule has 1 N–H and O–H groups in total. The third-order valence-electron chi connectivity index (χ3n) is 6.05. The summed E-state index contributed by atoms with van der Waals surface area (Å²) in [5, 5.41) is 11.5. The number of ketones is 1. The molecular formula is C27H27NO5. The number of amides is 1. The number of benzene rings is 3. The molecule has 170 valence electrons. The smallest absolute Gasteiger partial charge is 0.264 e. The number of aryl methyl sites for hydroxylation is 1. The first-order valence-electron chi connectivity index (χ1n) is 10.9. The number of carbonyl (C=O) groups is 2. The summed E-state index contributed by atoms with van der Waals surface area (Å²) in [6, 6.07) is 22.0. The van der Waals surface area contributed by atoms with Gasteiger partial charge in [-0.1, -0.05) is 48.5 Å². The standard InChI is InChI=1S/C27H27NO5/c1-32-20-14-15-21(25(17-20)33-2)24(29)18-27(31)22-12-6-7-13-23(22)28(26(27)30)16-8-11-19-9-4-3-5-10-19/h3-7,9-10,12-15,17,31H,8,11,16,18H2,1-2H3/t27-/m0/s1. The molecule has 0 bridgehead atoms. The van der Waals surface area contributed by atoms with E-state index in [0.29, 0.717) is 34.9 Å². The van der Waals surface area contributed by atoms with Crippen molar-refractivity contribution < 1.29 is 24.2 Å². The van der Waals surface area contributed by atoms with E-state index in [9.17, 15) is 14.7 Å². The lowest BCUT2D eigenvalue weighted by Gasteiger charge is -2.23. The van der Waals surface area contributed by atoms with Crippen LogP contribution in [0, 0.1) is 0 Å². The Bertz CT molecular complexity index is 1160. The Morgan fingerprint density at radius 1 is 0.970 bits per heavy atom. The van der Waals surface area contributed by atoms with Gasteiger partial charge in [-0.2, -0.15) is 0 Å². The zero-order valence-electron chi connectivity index (χ0n) is 18.8. The predicted molar refractivity (Wildman–Crippen MR) is 126 cm³/mol. The molecule has 6 nitrogen and oxygen atoms in total. The summed E-state index contributed by atoms with van der Waals surface area (Å²) < 4.78 is 10.5. The fraction of sp³-hybridized carbons (Fsp3) is 0.259. The first-order chi connectivity index (χ1) is 16.0. The first-order valence-corrected chi connectivity index (χ1v) is 10.9. The molecule has 3 aromatic carbocycles. The fourth-order valence-corrected chi connectivity index (χ4v) is 4.34. The summed E-state index contributed by atoms with van der Waals surface area (Å²) >= 11 is 0. The summed E-state index contributed by atoms with van der Waals surface area (Å²) in [5.74, 6) is 0.0271. The van der Waals surface area contributed by atoms with Gasteiger partial charge in [0.15, 0.2) is 11.4 Å². The Kier molecular flexibility index (Phi) is 6.47. The van der Waals surface area contributed by atoms with Crippen LogP contribution in [0.15, 0.2) is 72.8 Å². The van der Waals surface area contributed by atoms with E-state index in [1.807, 2.05) is 30.3 Å². The molecule has 1 amide bonds. The minimum atomic E-state index is -1.93. The van der Waals surface area contributed by atoms with Crippen LogP contribution in [0.1, 0.15) is 34.3 Å². The number of carbonyl (C=O) groups excluding carboxylic acids is 2. The van der Waals surface area contributed by atoms with Gasteiger partial charge in [-0.25, -0.2) is 0 Å². The van der Waals surface area contributed by atoms with Gasteiger partial charge in [-0.3, -0.25) is 9.59 Å². The van der Waals surface area contributed by atoms with E-state index in [0.717, 1.165) is 12.8 Å². The number of methoxy groups -OCH3 is 2. The number of fused-ring (bicyclic) bond motifs is 1. The molecule has 0 spiro atoms. The van der Waals surface area contributed by atoms with Crippen molar-refractivity contribution in [2.75, 3.05) is 25.7 Å². The Hall–Kier alpha value is -3.64. The van der Waals surface area contributed by atoms with Gasteiger partial charge < -0.3 is 19.5 Å². The predicted octanol–water partition coefficient (Wildman–Crippen LogP) is 4.14. The van der Waals surface area contributed by atoms with E-state index in [1.165, 1.54) is 19.8 Å². The molecule has 1 aliphatic rings. The molecule has 0 fully saturated rings. The number of hydrogen-bond donors (Lipinski definition) is 1. The minimum absolute atomic E-state index is 0.291. The molecule has 1 aliphatic heterocycles. The molecule has 0 aliphatic carbocycles. The lowest BCUT2D eigenvalue weighted by Crippen LogP contribution is -2.42. The van der Waals surface area contributed by atoms with Crippen LogP contribution in [-0.2, 0) is 16.8 Å². The molecule has 0 saturated heterocycles. The van der Waals surface area contributed by atoms with Crippen LogP contribution in [0.25, 0.3) is 0 Å². The highest BCUT2D eigenvalue weighted by atomic mass is 16.5. The Morgan fingerprint density at radius 3 is 2.42 bits per heavy atom. The van der Waals surface area contributed by atoms with Crippen molar-refractivity contribution in [3.05, 3.63) is 89.5 Å². The Morgan fingerprint density at radius 2 is 1.70 bits per heavy atom. The maximum absolute atomic E-state index is 13.4. The first kappa shape index (κ1) is 22.6. The quantitative estimate of drug-likeness (QED) is 0.501. The number of Topliss-reactive ketones (excluding diaryl/α,β-unsaturated/α-hetero) is 1. The minimum Gasteiger partial charge on any atom is -0.497 e. The van der Waals surface area contributed by atoms with Crippen LogP contribution in [0.5, 0.6) is 11.5 Å². The van der Waals surface area contributed by atoms with Crippen LogP contribution in [-0.4, -0.2) is 37.6 Å². The average molecular weight is 446 g/mol. The van der Waals surface area contributed by atoms with E-state index in [4.69, 9.17) is 9.47 Å². The summed E-state index contributed by atoms with van der Waals surface area (Å²) in [4.78, 5) is 28.2. The van der Waals surface area contributed by atoms with Crippen LogP contribution < -0.4 is 14.4 Å². The number of nitrogens with zero attached hydrogens (tertiary/aromatic N) is 1. The van der Waals surface area contributed by atoms with Crippen molar-refractivity contribution in [1.82, 2.24) is 0 Å². The van der Waals surface area contributed by atoms with Crippen LogP contribution in [0.4, 0.5) is 5.69 Å². The van der Waals surface area contributed by atoms with Crippen LogP contribution in [0.3, 0.4) is 0 Å². The number of ether oxygens (including phenoxy) is 2. The molecule has 4 rings (SSSR count). The highest BCUT2D eigenvalue weighted by Gasteiger charge is 2.50.